The molecule has 132 valence electrons. The fourth-order valence-corrected chi connectivity index (χ4v) is 2.50. The Bertz CT molecular complexity index is 632. The van der Waals surface area contributed by atoms with Crippen molar-refractivity contribution in [1.82, 2.24) is 14.9 Å². The third-order valence-electron chi connectivity index (χ3n) is 3.34. The van der Waals surface area contributed by atoms with E-state index in [0.717, 1.165) is 0 Å². The summed E-state index contributed by atoms with van der Waals surface area (Å²) in [5, 5.41) is 9.11. The van der Waals surface area contributed by atoms with Crippen LogP contribution in [0.25, 0.3) is 0 Å². The van der Waals surface area contributed by atoms with Gasteiger partial charge in [0.05, 0.1) is 0 Å². The highest BCUT2D eigenvalue weighted by Gasteiger charge is 2.25. The van der Waals surface area contributed by atoms with Crippen LogP contribution >= 0.6 is 11.6 Å². The van der Waals surface area contributed by atoms with Crippen molar-refractivity contribution in [3.8, 4) is 0 Å². The van der Waals surface area contributed by atoms with Crippen LogP contribution in [0.3, 0.4) is 0 Å². The summed E-state index contributed by atoms with van der Waals surface area (Å²) in [7, 11) is 0. The summed E-state index contributed by atoms with van der Waals surface area (Å²) >= 11 is 5.88. The number of carbonyl (C=O) groups excluding carboxylic acids is 1. The minimum atomic E-state index is -1.23. The fourth-order valence-electron chi connectivity index (χ4n) is 2.32. The van der Waals surface area contributed by atoms with Crippen molar-refractivity contribution < 1.29 is 19.4 Å². The Balaban J connectivity index is 2.08. The molecule has 0 aliphatic carbocycles. The quantitative estimate of drug-likeness (QED) is 0.812. The van der Waals surface area contributed by atoms with Crippen LogP contribution in [0.5, 0.6) is 0 Å². The molecule has 0 radical (unpaired) electrons. The van der Waals surface area contributed by atoms with Crippen LogP contribution in [-0.4, -0.2) is 63.8 Å². The molecule has 1 aliphatic rings. The third kappa shape index (κ3) is 4.95. The monoisotopic (exact) mass is 356 g/mol. The van der Waals surface area contributed by atoms with Crippen LogP contribution in [0.2, 0.25) is 5.15 Å². The maximum absolute atomic E-state index is 12.2. The van der Waals surface area contributed by atoms with Gasteiger partial charge in [0, 0.05) is 32.2 Å². The zero-order valence-corrected chi connectivity index (χ0v) is 14.7. The molecule has 1 N–H and O–H groups in total. The third-order valence-corrected chi connectivity index (χ3v) is 3.54. The molecule has 2 rings (SSSR count). The molecule has 8 nitrogen and oxygen atoms in total. The van der Waals surface area contributed by atoms with Crippen LogP contribution in [-0.2, 0) is 4.74 Å². The Morgan fingerprint density at radius 2 is 1.92 bits per heavy atom. The van der Waals surface area contributed by atoms with Crippen molar-refractivity contribution in [2.24, 2.45) is 0 Å². The van der Waals surface area contributed by atoms with Gasteiger partial charge in [0.2, 0.25) is 5.82 Å². The van der Waals surface area contributed by atoms with E-state index in [1.807, 2.05) is 25.7 Å². The molecule has 0 bridgehead atoms. The van der Waals surface area contributed by atoms with Crippen LogP contribution in [0.15, 0.2) is 6.07 Å². The van der Waals surface area contributed by atoms with E-state index in [-0.39, 0.29) is 17.1 Å². The summed E-state index contributed by atoms with van der Waals surface area (Å²) in [5.41, 5.74) is -0.542. The van der Waals surface area contributed by atoms with Crippen LogP contribution in [0, 0.1) is 0 Å². The Morgan fingerprint density at radius 3 is 2.54 bits per heavy atom. The Hall–Kier alpha value is -2.09. The van der Waals surface area contributed by atoms with Gasteiger partial charge in [-0.25, -0.2) is 19.6 Å². The lowest BCUT2D eigenvalue weighted by Gasteiger charge is -2.26. The van der Waals surface area contributed by atoms with Crippen molar-refractivity contribution in [3.63, 3.8) is 0 Å². The number of amides is 1. The standard InChI is InChI=1S/C15H21ClN4O4/c1-15(2,3)24-14(23)20-6-4-5-19(7-8-20)11-9-10(16)17-12(18-11)13(21)22/h9H,4-8H2,1-3H3,(H,21,22). The molecule has 1 aliphatic heterocycles. The van der Waals surface area contributed by atoms with E-state index in [1.165, 1.54) is 6.07 Å². The Labute approximate surface area is 145 Å². The molecule has 0 spiro atoms. The van der Waals surface area contributed by atoms with E-state index in [9.17, 15) is 9.59 Å². The average molecular weight is 357 g/mol. The summed E-state index contributed by atoms with van der Waals surface area (Å²) in [4.78, 5) is 34.5. The van der Waals surface area contributed by atoms with Crippen molar-refractivity contribution in [2.75, 3.05) is 31.1 Å². The molecule has 9 heteroatoms. The normalized spacial score (nSPS) is 15.8. The second-order valence-electron chi connectivity index (χ2n) is 6.49. The van der Waals surface area contributed by atoms with Gasteiger partial charge in [-0.2, -0.15) is 0 Å². The van der Waals surface area contributed by atoms with Crippen LogP contribution in [0.1, 0.15) is 37.8 Å². The number of carboxylic acids is 1. The Morgan fingerprint density at radius 1 is 1.21 bits per heavy atom. The molecule has 1 saturated heterocycles. The molecule has 1 fully saturated rings. The van der Waals surface area contributed by atoms with Gasteiger partial charge in [-0.15, -0.1) is 0 Å². The zero-order valence-electron chi connectivity index (χ0n) is 14.0. The lowest BCUT2D eigenvalue weighted by atomic mass is 10.2. The van der Waals surface area contributed by atoms with Gasteiger partial charge >= 0.3 is 12.1 Å². The van der Waals surface area contributed by atoms with Crippen molar-refractivity contribution in [3.05, 3.63) is 17.0 Å². The number of ether oxygens (including phenoxy) is 1. The summed E-state index contributed by atoms with van der Waals surface area (Å²) in [6.07, 6.45) is 0.361. The van der Waals surface area contributed by atoms with Gasteiger partial charge in [0.25, 0.3) is 0 Å². The molecule has 0 aromatic carbocycles. The van der Waals surface area contributed by atoms with Gasteiger partial charge in [-0.05, 0) is 27.2 Å². The van der Waals surface area contributed by atoms with E-state index in [1.54, 1.807) is 4.90 Å². The molecular formula is C15H21ClN4O4. The van der Waals surface area contributed by atoms with Crippen LogP contribution < -0.4 is 4.90 Å². The molecule has 1 aromatic rings. The lowest BCUT2D eigenvalue weighted by Crippen LogP contribution is -2.39. The molecule has 2 heterocycles. The van der Waals surface area contributed by atoms with E-state index in [2.05, 4.69) is 9.97 Å². The SMILES string of the molecule is CC(C)(C)OC(=O)N1CCCN(c2cc(Cl)nc(C(=O)O)n2)CC1. The number of rotatable bonds is 2. The van der Waals surface area contributed by atoms with E-state index >= 15 is 0 Å². The summed E-state index contributed by atoms with van der Waals surface area (Å²) in [6, 6.07) is 1.52. The van der Waals surface area contributed by atoms with E-state index in [4.69, 9.17) is 21.4 Å². The first-order valence-electron chi connectivity index (χ1n) is 7.66. The summed E-state index contributed by atoms with van der Waals surface area (Å²) in [5.74, 6) is -1.13. The average Bonchev–Trinajstić information content (AvgIpc) is 2.70. The second kappa shape index (κ2) is 7.21. The van der Waals surface area contributed by atoms with Gasteiger partial charge in [-0.1, -0.05) is 11.6 Å². The maximum atomic E-state index is 12.2. The number of hydrogen-bond acceptors (Lipinski definition) is 6. The van der Waals surface area contributed by atoms with Gasteiger partial charge in [-0.3, -0.25) is 0 Å². The number of carboxylic acid groups (broad SMARTS) is 1. The van der Waals surface area contributed by atoms with Gasteiger partial charge in [0.15, 0.2) is 0 Å². The molecule has 1 amide bonds. The van der Waals surface area contributed by atoms with Gasteiger partial charge in [0.1, 0.15) is 16.6 Å². The largest absolute Gasteiger partial charge is 0.475 e. The molecule has 0 atom stereocenters. The minimum absolute atomic E-state index is 0.0747. The number of hydrogen-bond donors (Lipinski definition) is 1. The van der Waals surface area contributed by atoms with Crippen LogP contribution in [0.4, 0.5) is 10.6 Å². The summed E-state index contributed by atoms with van der Waals surface area (Å²) in [6.45, 7) is 7.63. The number of aromatic carboxylic acids is 1. The highest BCUT2D eigenvalue weighted by atomic mass is 35.5. The first kappa shape index (κ1) is 18.3. The predicted octanol–water partition coefficient (Wildman–Crippen LogP) is 2.28. The first-order valence-corrected chi connectivity index (χ1v) is 8.04. The van der Waals surface area contributed by atoms with Crippen molar-refractivity contribution in [2.45, 2.75) is 32.8 Å². The smallest absolute Gasteiger partial charge is 0.410 e. The topological polar surface area (TPSA) is 95.9 Å². The van der Waals surface area contributed by atoms with Crippen molar-refractivity contribution >= 4 is 29.5 Å². The zero-order chi connectivity index (χ0) is 17.9. The number of aromatic nitrogens is 2. The first-order chi connectivity index (χ1) is 11.2. The Kier molecular flexibility index (Phi) is 5.48. The molecule has 24 heavy (non-hydrogen) atoms. The van der Waals surface area contributed by atoms with E-state index in [0.29, 0.717) is 38.4 Å². The number of carbonyl (C=O) groups is 2. The highest BCUT2D eigenvalue weighted by molar-refractivity contribution is 6.29. The number of halogens is 1. The molecule has 1 aromatic heterocycles. The maximum Gasteiger partial charge on any atom is 0.410 e. The molecule has 0 saturated carbocycles. The molecule has 0 unspecified atom stereocenters. The van der Waals surface area contributed by atoms with Gasteiger partial charge < -0.3 is 19.6 Å². The fraction of sp³-hybridized carbons (Fsp3) is 0.600. The summed E-state index contributed by atoms with van der Waals surface area (Å²) < 4.78 is 5.39. The predicted molar refractivity (Wildman–Crippen MR) is 88.6 cm³/mol. The molecular weight excluding hydrogens is 336 g/mol. The van der Waals surface area contributed by atoms with Crippen molar-refractivity contribution in [1.29, 1.82) is 0 Å². The minimum Gasteiger partial charge on any atom is -0.475 e. The van der Waals surface area contributed by atoms with E-state index < -0.39 is 11.6 Å². The number of nitrogens with zero attached hydrogens (tertiary/aromatic N) is 4. The number of anilines is 1. The second-order valence-corrected chi connectivity index (χ2v) is 6.87. The lowest BCUT2D eigenvalue weighted by molar-refractivity contribution is 0.0263. The highest BCUT2D eigenvalue weighted by Crippen LogP contribution is 2.19.